The molecule has 0 aromatic rings. The van der Waals surface area contributed by atoms with Crippen molar-refractivity contribution in [2.75, 3.05) is 13.6 Å². The van der Waals surface area contributed by atoms with Crippen LogP contribution in [0.15, 0.2) is 0 Å². The highest BCUT2D eigenvalue weighted by atomic mass is 16.5. The topological polar surface area (TPSA) is 52.3 Å². The van der Waals surface area contributed by atoms with Crippen LogP contribution in [0.1, 0.15) is 13.3 Å². The maximum Gasteiger partial charge on any atom is 0.312 e. The summed E-state index contributed by atoms with van der Waals surface area (Å²) in [5, 5.41) is 11.1. The molecule has 58 valence electrons. The maximum atomic E-state index is 10.6. The van der Waals surface area contributed by atoms with Gasteiger partial charge in [0.05, 0.1) is 0 Å². The summed E-state index contributed by atoms with van der Waals surface area (Å²) in [6.07, 6.45) is 1.98. The summed E-state index contributed by atoms with van der Waals surface area (Å²) in [6, 6.07) is 0. The summed E-state index contributed by atoms with van der Waals surface area (Å²) >= 11 is 0. The molecule has 0 saturated heterocycles. The Morgan fingerprint density at radius 3 is 2.80 bits per heavy atom. The van der Waals surface area contributed by atoms with Crippen molar-refractivity contribution in [1.29, 1.82) is 0 Å². The highest BCUT2D eigenvalue weighted by Gasteiger charge is 1.99. The van der Waals surface area contributed by atoms with Crippen LogP contribution in [0.5, 0.6) is 0 Å². The summed E-state index contributed by atoms with van der Waals surface area (Å²) < 4.78 is 0.727. The molecule has 0 atom stereocenters. The van der Waals surface area contributed by atoms with Gasteiger partial charge in [-0.15, -0.1) is 0 Å². The van der Waals surface area contributed by atoms with E-state index < -0.39 is 0 Å². The van der Waals surface area contributed by atoms with Crippen molar-refractivity contribution in [3.63, 3.8) is 0 Å². The summed E-state index contributed by atoms with van der Waals surface area (Å²) in [7, 11) is 1.38. The molecule has 4 heteroatoms. The zero-order valence-electron chi connectivity index (χ0n) is 6.29. The third-order valence-electron chi connectivity index (χ3n) is 0.853. The van der Waals surface area contributed by atoms with E-state index in [2.05, 4.69) is 5.32 Å². The number of carbonyl (C=O) groups is 1. The lowest BCUT2D eigenvalue weighted by atomic mass is 10.5. The standard InChI is InChI=1S/C6H12N2O2/c1-3-4-7-6(9)5-8(2)10/h5H,3-4H2,1-2H3,(H-,7,9,10)/p+1. The van der Waals surface area contributed by atoms with E-state index >= 15 is 0 Å². The van der Waals surface area contributed by atoms with Crippen molar-refractivity contribution in [2.45, 2.75) is 13.3 Å². The normalized spacial score (nSPS) is 11.2. The highest BCUT2D eigenvalue weighted by molar-refractivity contribution is 6.24. The maximum absolute atomic E-state index is 10.6. The third-order valence-corrected chi connectivity index (χ3v) is 0.853. The average Bonchev–Trinajstić information content (AvgIpc) is 1.82. The van der Waals surface area contributed by atoms with Gasteiger partial charge >= 0.3 is 5.91 Å². The van der Waals surface area contributed by atoms with Gasteiger partial charge in [0.2, 0.25) is 0 Å². The highest BCUT2D eigenvalue weighted by Crippen LogP contribution is 1.68. The average molecular weight is 145 g/mol. The number of hydrogen-bond acceptors (Lipinski definition) is 2. The molecule has 0 aliphatic rings. The van der Waals surface area contributed by atoms with E-state index in [0.29, 0.717) is 6.54 Å². The zero-order chi connectivity index (χ0) is 7.98. The molecule has 0 aliphatic heterocycles. The second-order valence-electron chi connectivity index (χ2n) is 1.99. The van der Waals surface area contributed by atoms with Crippen LogP contribution in [0.4, 0.5) is 0 Å². The summed E-state index contributed by atoms with van der Waals surface area (Å²) in [4.78, 5) is 10.6. The zero-order valence-corrected chi connectivity index (χ0v) is 6.29. The second-order valence-corrected chi connectivity index (χ2v) is 1.99. The first-order valence-electron chi connectivity index (χ1n) is 3.21. The number of nitrogens with zero attached hydrogens (tertiary/aromatic N) is 1. The van der Waals surface area contributed by atoms with Gasteiger partial charge in [-0.25, -0.2) is 0 Å². The SMILES string of the molecule is CCCNC(=O)/C=[N+](\C)O. The first-order chi connectivity index (χ1) is 4.66. The Morgan fingerprint density at radius 2 is 2.40 bits per heavy atom. The Bertz CT molecular complexity index is 139. The lowest BCUT2D eigenvalue weighted by molar-refractivity contribution is -0.750. The fourth-order valence-corrected chi connectivity index (χ4v) is 0.464. The van der Waals surface area contributed by atoms with Gasteiger partial charge < -0.3 is 5.32 Å². The molecule has 0 rings (SSSR count). The second kappa shape index (κ2) is 4.78. The minimum Gasteiger partial charge on any atom is -0.347 e. The first-order valence-corrected chi connectivity index (χ1v) is 3.21. The minimum atomic E-state index is -0.271. The molecule has 0 radical (unpaired) electrons. The molecule has 0 aromatic carbocycles. The van der Waals surface area contributed by atoms with Gasteiger partial charge in [0, 0.05) is 6.54 Å². The van der Waals surface area contributed by atoms with E-state index in [1.165, 1.54) is 7.05 Å². The van der Waals surface area contributed by atoms with Crippen LogP contribution in [0.25, 0.3) is 0 Å². The number of amides is 1. The number of rotatable bonds is 3. The minimum absolute atomic E-state index is 0.271. The monoisotopic (exact) mass is 145 g/mol. The Balaban J connectivity index is 3.54. The van der Waals surface area contributed by atoms with Crippen LogP contribution >= 0.6 is 0 Å². The fraction of sp³-hybridized carbons (Fsp3) is 0.667. The van der Waals surface area contributed by atoms with E-state index in [9.17, 15) is 4.79 Å². The van der Waals surface area contributed by atoms with Gasteiger partial charge in [0.25, 0.3) is 6.21 Å². The molecule has 0 heterocycles. The molecule has 0 bridgehead atoms. The van der Waals surface area contributed by atoms with Gasteiger partial charge in [0.1, 0.15) is 0 Å². The van der Waals surface area contributed by atoms with E-state index in [0.717, 1.165) is 17.4 Å². The lowest BCUT2D eigenvalue weighted by Gasteiger charge is -1.93. The Hall–Kier alpha value is -1.06. The fourth-order valence-electron chi connectivity index (χ4n) is 0.464. The van der Waals surface area contributed by atoms with Crippen molar-refractivity contribution in [1.82, 2.24) is 5.32 Å². The first kappa shape index (κ1) is 8.94. The number of carbonyl (C=O) groups excluding carboxylic acids is 1. The van der Waals surface area contributed by atoms with Crippen LogP contribution in [0.2, 0.25) is 0 Å². The predicted octanol–water partition coefficient (Wildman–Crippen LogP) is -0.385. The molecule has 1 amide bonds. The van der Waals surface area contributed by atoms with Crippen LogP contribution in [0.3, 0.4) is 0 Å². The largest absolute Gasteiger partial charge is 0.347 e. The smallest absolute Gasteiger partial charge is 0.312 e. The third kappa shape index (κ3) is 5.08. The van der Waals surface area contributed by atoms with Crippen molar-refractivity contribution < 1.29 is 14.7 Å². The molecule has 0 aliphatic carbocycles. The molecular formula is C6H13N2O2+. The van der Waals surface area contributed by atoms with Crippen LogP contribution in [0, 0.1) is 0 Å². The van der Waals surface area contributed by atoms with Crippen molar-refractivity contribution in [2.24, 2.45) is 0 Å². The van der Waals surface area contributed by atoms with Crippen molar-refractivity contribution in [3.05, 3.63) is 0 Å². The van der Waals surface area contributed by atoms with Gasteiger partial charge in [-0.3, -0.25) is 10.0 Å². The molecule has 0 aromatic heterocycles. The summed E-state index contributed by atoms with van der Waals surface area (Å²) in [6.45, 7) is 2.60. The lowest BCUT2D eigenvalue weighted by Crippen LogP contribution is -2.27. The van der Waals surface area contributed by atoms with E-state index in [1.54, 1.807) is 0 Å². The van der Waals surface area contributed by atoms with E-state index in [1.807, 2.05) is 6.92 Å². The molecular weight excluding hydrogens is 132 g/mol. The van der Waals surface area contributed by atoms with Crippen molar-refractivity contribution in [3.8, 4) is 0 Å². The molecule has 0 saturated carbocycles. The van der Waals surface area contributed by atoms with Crippen LogP contribution in [-0.2, 0) is 4.79 Å². The molecule has 10 heavy (non-hydrogen) atoms. The Kier molecular flexibility index (Phi) is 4.28. The van der Waals surface area contributed by atoms with Gasteiger partial charge in [-0.2, -0.15) is 0 Å². The molecule has 0 spiro atoms. The van der Waals surface area contributed by atoms with Gasteiger partial charge in [0.15, 0.2) is 7.05 Å². The quantitative estimate of drug-likeness (QED) is 0.246. The number of hydrogen-bond donors (Lipinski definition) is 2. The van der Waals surface area contributed by atoms with E-state index in [4.69, 9.17) is 5.21 Å². The van der Waals surface area contributed by atoms with Gasteiger partial charge in [-0.05, 0) is 11.2 Å². The van der Waals surface area contributed by atoms with Crippen LogP contribution < -0.4 is 5.32 Å². The van der Waals surface area contributed by atoms with Crippen molar-refractivity contribution >= 4 is 12.1 Å². The predicted molar refractivity (Wildman–Crippen MR) is 37.3 cm³/mol. The molecule has 4 nitrogen and oxygen atoms in total. The van der Waals surface area contributed by atoms with E-state index in [-0.39, 0.29) is 5.91 Å². The number of hydroxylamine groups is 1. The molecule has 2 N–H and O–H groups in total. The molecule has 0 unspecified atom stereocenters. The van der Waals surface area contributed by atoms with Gasteiger partial charge in [-0.1, -0.05) is 6.92 Å². The molecule has 0 fully saturated rings. The summed E-state index contributed by atoms with van der Waals surface area (Å²) in [5.74, 6) is -0.271. The Morgan fingerprint density at radius 1 is 1.80 bits per heavy atom. The Labute approximate surface area is 60.1 Å². The van der Waals surface area contributed by atoms with Crippen LogP contribution in [-0.4, -0.2) is 35.7 Å². The summed E-state index contributed by atoms with van der Waals surface area (Å²) in [5.41, 5.74) is 0. The number of nitrogens with one attached hydrogen (secondary N) is 1.